The first-order valence-corrected chi connectivity index (χ1v) is 6.72. The second-order valence-corrected chi connectivity index (χ2v) is 5.13. The normalized spacial score (nSPS) is 17.5. The van der Waals surface area contributed by atoms with E-state index in [1.165, 1.54) is 10.6 Å². The lowest BCUT2D eigenvalue weighted by molar-refractivity contribution is 0.896. The van der Waals surface area contributed by atoms with Crippen LogP contribution in [0.15, 0.2) is 24.3 Å². The number of fused-ring (bicyclic) bond motifs is 1. The Labute approximate surface area is 101 Å². The van der Waals surface area contributed by atoms with Gasteiger partial charge in [-0.3, -0.25) is 0 Å². The Kier molecular flexibility index (Phi) is 4.17. The number of nitrogens with two attached hydrogens (primary N) is 1. The number of nitrogen functional groups attached to an aromatic ring is 1. The van der Waals surface area contributed by atoms with Crippen LogP contribution in [0.5, 0.6) is 0 Å². The molecule has 0 fully saturated rings. The van der Waals surface area contributed by atoms with Gasteiger partial charge in [-0.15, -0.1) is 11.3 Å². The van der Waals surface area contributed by atoms with Crippen molar-refractivity contribution in [2.45, 2.75) is 38.5 Å². The molecule has 0 unspecified atom stereocenters. The lowest BCUT2D eigenvalue weighted by Crippen LogP contribution is -1.92. The number of hydrogen-bond donors (Lipinski definition) is 1. The number of hydrogen-bond acceptors (Lipinski definition) is 3. The van der Waals surface area contributed by atoms with Crippen molar-refractivity contribution in [3.63, 3.8) is 0 Å². The molecule has 0 amide bonds. The Bertz CT molecular complexity index is 355. The summed E-state index contributed by atoms with van der Waals surface area (Å²) >= 11 is 1.65. The molecule has 1 aromatic heterocycles. The number of allylic oxidation sites excluding steroid dienone is 4. The summed E-state index contributed by atoms with van der Waals surface area (Å²) in [5, 5.41) is 0.716. The molecule has 2 N–H and O–H groups in total. The van der Waals surface area contributed by atoms with E-state index >= 15 is 0 Å². The van der Waals surface area contributed by atoms with E-state index in [-0.39, 0.29) is 0 Å². The zero-order chi connectivity index (χ0) is 11.2. The van der Waals surface area contributed by atoms with Gasteiger partial charge in [0.2, 0.25) is 0 Å². The van der Waals surface area contributed by atoms with Crippen molar-refractivity contribution in [1.82, 2.24) is 4.98 Å². The number of aryl methyl sites for hydroxylation is 2. The second kappa shape index (κ2) is 5.85. The SMILES string of the molecule is Nc1nc2c(s1)CCC=CCCC=CCC2. The lowest BCUT2D eigenvalue weighted by atomic mass is 10.1. The molecule has 2 rings (SSSR count). The van der Waals surface area contributed by atoms with Gasteiger partial charge >= 0.3 is 0 Å². The molecule has 1 aromatic rings. The summed E-state index contributed by atoms with van der Waals surface area (Å²) in [5.41, 5.74) is 6.98. The third-order valence-electron chi connectivity index (χ3n) is 2.71. The van der Waals surface area contributed by atoms with Crippen LogP contribution in [-0.4, -0.2) is 4.98 Å². The minimum absolute atomic E-state index is 0.716. The molecule has 3 heteroatoms. The highest BCUT2D eigenvalue weighted by Gasteiger charge is 2.08. The average Bonchev–Trinajstić information content (AvgIpc) is 2.59. The maximum absolute atomic E-state index is 5.77. The molecular formula is C13H18N2S. The van der Waals surface area contributed by atoms with Crippen molar-refractivity contribution < 1.29 is 0 Å². The van der Waals surface area contributed by atoms with Crippen molar-refractivity contribution in [2.24, 2.45) is 0 Å². The lowest BCUT2D eigenvalue weighted by Gasteiger charge is -1.99. The zero-order valence-electron chi connectivity index (χ0n) is 9.48. The summed E-state index contributed by atoms with van der Waals surface area (Å²) in [6, 6.07) is 0. The van der Waals surface area contributed by atoms with Crippen molar-refractivity contribution in [3.05, 3.63) is 34.9 Å². The van der Waals surface area contributed by atoms with Gasteiger partial charge in [0, 0.05) is 4.88 Å². The minimum Gasteiger partial charge on any atom is -0.375 e. The molecule has 0 saturated heterocycles. The van der Waals surface area contributed by atoms with Gasteiger partial charge in [0.25, 0.3) is 0 Å². The van der Waals surface area contributed by atoms with Gasteiger partial charge in [-0.2, -0.15) is 0 Å². The van der Waals surface area contributed by atoms with Crippen molar-refractivity contribution in [3.8, 4) is 0 Å². The van der Waals surface area contributed by atoms with E-state index in [9.17, 15) is 0 Å². The van der Waals surface area contributed by atoms with E-state index in [0.29, 0.717) is 5.13 Å². The monoisotopic (exact) mass is 234 g/mol. The van der Waals surface area contributed by atoms with Crippen LogP contribution in [-0.2, 0) is 12.8 Å². The van der Waals surface area contributed by atoms with E-state index in [0.717, 1.165) is 38.5 Å². The van der Waals surface area contributed by atoms with Crippen LogP contribution < -0.4 is 5.73 Å². The summed E-state index contributed by atoms with van der Waals surface area (Å²) in [6.45, 7) is 0. The Morgan fingerprint density at radius 2 is 1.56 bits per heavy atom. The van der Waals surface area contributed by atoms with E-state index in [1.807, 2.05) is 0 Å². The van der Waals surface area contributed by atoms with E-state index in [2.05, 4.69) is 29.3 Å². The second-order valence-electron chi connectivity index (χ2n) is 4.02. The van der Waals surface area contributed by atoms with Gasteiger partial charge in [0.1, 0.15) is 0 Å². The Morgan fingerprint density at radius 1 is 0.938 bits per heavy atom. The predicted molar refractivity (Wildman–Crippen MR) is 70.7 cm³/mol. The molecule has 0 radical (unpaired) electrons. The van der Waals surface area contributed by atoms with Crippen molar-refractivity contribution in [1.29, 1.82) is 0 Å². The van der Waals surface area contributed by atoms with Crippen LogP contribution in [0.25, 0.3) is 0 Å². The highest BCUT2D eigenvalue weighted by molar-refractivity contribution is 7.15. The third-order valence-corrected chi connectivity index (χ3v) is 3.70. The van der Waals surface area contributed by atoms with Crippen LogP contribution in [0.2, 0.25) is 0 Å². The Morgan fingerprint density at radius 3 is 2.31 bits per heavy atom. The molecule has 0 bridgehead atoms. The molecule has 0 aliphatic heterocycles. The maximum Gasteiger partial charge on any atom is 0.180 e. The first-order chi connectivity index (χ1) is 7.86. The molecule has 1 aliphatic carbocycles. The van der Waals surface area contributed by atoms with Crippen LogP contribution in [0.4, 0.5) is 5.13 Å². The molecule has 0 aromatic carbocycles. The predicted octanol–water partition coefficient (Wildman–Crippen LogP) is 3.50. The van der Waals surface area contributed by atoms with Gasteiger partial charge in [0.05, 0.1) is 5.69 Å². The van der Waals surface area contributed by atoms with Gasteiger partial charge in [-0.1, -0.05) is 24.3 Å². The minimum atomic E-state index is 0.716. The fourth-order valence-electron chi connectivity index (χ4n) is 1.89. The van der Waals surface area contributed by atoms with Crippen LogP contribution in [0.3, 0.4) is 0 Å². The van der Waals surface area contributed by atoms with E-state index in [4.69, 9.17) is 5.73 Å². The maximum atomic E-state index is 5.77. The average molecular weight is 234 g/mol. The van der Waals surface area contributed by atoms with Crippen molar-refractivity contribution in [2.75, 3.05) is 5.73 Å². The topological polar surface area (TPSA) is 38.9 Å². The summed E-state index contributed by atoms with van der Waals surface area (Å²) in [4.78, 5) is 5.79. The van der Waals surface area contributed by atoms with Crippen LogP contribution in [0, 0.1) is 0 Å². The smallest absolute Gasteiger partial charge is 0.180 e. The van der Waals surface area contributed by atoms with Crippen LogP contribution >= 0.6 is 11.3 Å². The zero-order valence-corrected chi connectivity index (χ0v) is 10.3. The molecule has 1 aliphatic rings. The highest BCUT2D eigenvalue weighted by Crippen LogP contribution is 2.23. The summed E-state index contributed by atoms with van der Waals surface area (Å²) < 4.78 is 0. The number of nitrogens with zero attached hydrogens (tertiary/aromatic N) is 1. The summed E-state index contributed by atoms with van der Waals surface area (Å²) in [7, 11) is 0. The molecule has 0 spiro atoms. The van der Waals surface area contributed by atoms with Crippen LogP contribution in [0.1, 0.15) is 36.3 Å². The summed E-state index contributed by atoms with van der Waals surface area (Å²) in [6.07, 6.45) is 15.7. The molecule has 0 saturated carbocycles. The van der Waals surface area contributed by atoms with Crippen molar-refractivity contribution >= 4 is 16.5 Å². The van der Waals surface area contributed by atoms with E-state index in [1.54, 1.807) is 11.3 Å². The standard InChI is InChI=1S/C13H18N2S/c14-13-15-11-9-7-5-3-1-2-4-6-8-10-12(11)16-13/h3-6H,1-2,7-10H2,(H2,14,15). The number of anilines is 1. The molecule has 86 valence electrons. The molecule has 1 heterocycles. The number of thiazole rings is 1. The fraction of sp³-hybridized carbons (Fsp3) is 0.462. The molecular weight excluding hydrogens is 216 g/mol. The van der Waals surface area contributed by atoms with Gasteiger partial charge in [-0.05, 0) is 38.5 Å². The Balaban J connectivity index is 2.11. The quantitative estimate of drug-likeness (QED) is 0.698. The summed E-state index contributed by atoms with van der Waals surface area (Å²) in [5.74, 6) is 0. The third kappa shape index (κ3) is 3.20. The fourth-order valence-corrected chi connectivity index (χ4v) is 2.79. The number of rotatable bonds is 0. The molecule has 16 heavy (non-hydrogen) atoms. The molecule has 0 atom stereocenters. The first kappa shape index (κ1) is 11.4. The van der Waals surface area contributed by atoms with Gasteiger partial charge < -0.3 is 5.73 Å². The largest absolute Gasteiger partial charge is 0.375 e. The van der Waals surface area contributed by atoms with Gasteiger partial charge in [0.15, 0.2) is 5.13 Å². The Hall–Kier alpha value is -1.09. The first-order valence-electron chi connectivity index (χ1n) is 5.90. The number of aromatic nitrogens is 1. The van der Waals surface area contributed by atoms with E-state index < -0.39 is 0 Å². The van der Waals surface area contributed by atoms with Gasteiger partial charge in [-0.25, -0.2) is 4.98 Å². The molecule has 2 nitrogen and oxygen atoms in total. The highest BCUT2D eigenvalue weighted by atomic mass is 32.1.